The number of fused-ring (bicyclic) bond motifs is 1. The summed E-state index contributed by atoms with van der Waals surface area (Å²) in [6.07, 6.45) is 1.62. The van der Waals surface area contributed by atoms with Gasteiger partial charge in [-0.05, 0) is 42.3 Å². The molecule has 5 rings (SSSR count). The van der Waals surface area contributed by atoms with Crippen molar-refractivity contribution in [2.45, 2.75) is 31.8 Å². The first-order valence-corrected chi connectivity index (χ1v) is 13.5. The number of nitrogens with zero attached hydrogens (tertiary/aromatic N) is 2. The number of nitrogens with one attached hydrogen (secondary N) is 2. The van der Waals surface area contributed by atoms with E-state index in [-0.39, 0.29) is 17.7 Å². The van der Waals surface area contributed by atoms with Gasteiger partial charge in [0.25, 0.3) is 5.56 Å². The third-order valence-corrected chi connectivity index (χ3v) is 7.70. The summed E-state index contributed by atoms with van der Waals surface area (Å²) in [5, 5.41) is 13.3. The number of hydrogen-bond acceptors (Lipinski definition) is 6. The Morgan fingerprint density at radius 2 is 1.74 bits per heavy atom. The van der Waals surface area contributed by atoms with Crippen molar-refractivity contribution < 1.29 is 14.2 Å². The zero-order chi connectivity index (χ0) is 27.2. The fraction of sp³-hybridized carbons (Fsp3) is 0.419. The smallest absolute Gasteiger partial charge is 0.293 e. The van der Waals surface area contributed by atoms with Crippen LogP contribution in [-0.2, 0) is 17.7 Å². The third-order valence-electron chi connectivity index (χ3n) is 7.70. The molecule has 2 aliphatic rings. The first-order chi connectivity index (χ1) is 19.0. The fourth-order valence-electron chi connectivity index (χ4n) is 5.37. The van der Waals surface area contributed by atoms with E-state index in [9.17, 15) is 14.3 Å². The zero-order valence-electron chi connectivity index (χ0n) is 22.2. The van der Waals surface area contributed by atoms with Gasteiger partial charge in [-0.2, -0.15) is 0 Å². The second-order valence-corrected chi connectivity index (χ2v) is 10.7. The molecule has 3 unspecified atom stereocenters. The molecule has 4 atom stereocenters. The maximum Gasteiger partial charge on any atom is 0.293 e. The van der Waals surface area contributed by atoms with E-state index >= 15 is 0 Å². The van der Waals surface area contributed by atoms with Crippen LogP contribution in [0.25, 0.3) is 0 Å². The Kier molecular flexibility index (Phi) is 8.72. The molecule has 1 aromatic heterocycles. The number of ether oxygens (including phenoxy) is 1. The number of rotatable bonds is 9. The highest BCUT2D eigenvalue weighted by Crippen LogP contribution is 2.30. The monoisotopic (exact) mass is 530 g/mol. The SMILES string of the molecule is C[C@@H](CF)NCC(Cc1nc[nH]c(=O)c1O)c1ccc(C#Cc2ccc(CN3CC4COCC4C3)cc2)cc1. The largest absolute Gasteiger partial charge is 0.502 e. The number of aromatic hydroxyl groups is 1. The molecule has 0 bridgehead atoms. The number of H-pyrrole nitrogens is 1. The summed E-state index contributed by atoms with van der Waals surface area (Å²) in [7, 11) is 0. The van der Waals surface area contributed by atoms with E-state index in [2.05, 4.69) is 56.3 Å². The van der Waals surface area contributed by atoms with Crippen molar-refractivity contribution in [1.29, 1.82) is 0 Å². The van der Waals surface area contributed by atoms with Gasteiger partial charge in [0.05, 0.1) is 25.2 Å². The average molecular weight is 531 g/mol. The van der Waals surface area contributed by atoms with Crippen LogP contribution in [0.15, 0.2) is 59.7 Å². The molecule has 204 valence electrons. The molecule has 2 fully saturated rings. The van der Waals surface area contributed by atoms with E-state index in [1.165, 1.54) is 11.9 Å². The van der Waals surface area contributed by atoms with Crippen LogP contribution in [-0.4, -0.2) is 65.5 Å². The molecular formula is C31H35FN4O3. The van der Waals surface area contributed by atoms with E-state index in [0.29, 0.717) is 30.5 Å². The Bertz CT molecular complexity index is 1350. The standard InChI is InChI=1S/C31H35FN4O3/c1-21(13-32)33-14-26(12-29-30(37)31(38)35-20-34-29)25-10-8-23(9-11-25)3-2-22-4-6-24(7-5-22)15-36-16-27-18-39-19-28(27)17-36/h4-11,20-21,26-28,33,37H,12-19H2,1H3,(H,34,35,38)/t21-,26?,27?,28?/m0/s1. The third kappa shape index (κ3) is 6.93. The van der Waals surface area contributed by atoms with E-state index in [1.54, 1.807) is 6.92 Å². The van der Waals surface area contributed by atoms with Crippen molar-refractivity contribution in [2.75, 3.05) is 39.5 Å². The van der Waals surface area contributed by atoms with Crippen LogP contribution in [0.2, 0.25) is 0 Å². The predicted molar refractivity (Wildman–Crippen MR) is 148 cm³/mol. The molecule has 2 aromatic carbocycles. The zero-order valence-corrected chi connectivity index (χ0v) is 22.2. The van der Waals surface area contributed by atoms with Gasteiger partial charge in [-0.1, -0.05) is 36.1 Å². The second-order valence-electron chi connectivity index (χ2n) is 10.7. The Morgan fingerprint density at radius 1 is 1.10 bits per heavy atom. The number of aromatic amines is 1. The van der Waals surface area contributed by atoms with Crippen LogP contribution in [0.3, 0.4) is 0 Å². The lowest BCUT2D eigenvalue weighted by molar-refractivity contribution is 0.153. The van der Waals surface area contributed by atoms with Crippen LogP contribution < -0.4 is 10.9 Å². The molecule has 8 heteroatoms. The van der Waals surface area contributed by atoms with Gasteiger partial charge in [0, 0.05) is 67.5 Å². The van der Waals surface area contributed by atoms with Crippen LogP contribution >= 0.6 is 0 Å². The van der Waals surface area contributed by atoms with Gasteiger partial charge in [0.1, 0.15) is 6.67 Å². The minimum absolute atomic E-state index is 0.114. The van der Waals surface area contributed by atoms with Crippen LogP contribution in [0.5, 0.6) is 5.75 Å². The van der Waals surface area contributed by atoms with E-state index in [1.807, 2.05) is 24.3 Å². The molecule has 0 amide bonds. The van der Waals surface area contributed by atoms with Crippen LogP contribution in [0.4, 0.5) is 4.39 Å². The Balaban J connectivity index is 1.22. The van der Waals surface area contributed by atoms with E-state index in [4.69, 9.17) is 4.74 Å². The lowest BCUT2D eigenvalue weighted by Crippen LogP contribution is -2.32. The number of likely N-dealkylation sites (tertiary alicyclic amines) is 1. The van der Waals surface area contributed by atoms with Gasteiger partial charge < -0.3 is 20.1 Å². The van der Waals surface area contributed by atoms with Crippen molar-refractivity contribution in [1.82, 2.24) is 20.2 Å². The van der Waals surface area contributed by atoms with Gasteiger partial charge in [-0.25, -0.2) is 9.37 Å². The summed E-state index contributed by atoms with van der Waals surface area (Å²) in [6.45, 7) is 6.78. The second kappa shape index (κ2) is 12.6. The molecule has 3 N–H and O–H groups in total. The van der Waals surface area contributed by atoms with Crippen LogP contribution in [0, 0.1) is 23.7 Å². The highest BCUT2D eigenvalue weighted by Gasteiger charge is 2.36. The number of aromatic nitrogens is 2. The average Bonchev–Trinajstić information content (AvgIpc) is 3.55. The Hall–Kier alpha value is -3.51. The van der Waals surface area contributed by atoms with Crippen molar-refractivity contribution in [2.24, 2.45) is 11.8 Å². The summed E-state index contributed by atoms with van der Waals surface area (Å²) in [6, 6.07) is 16.1. The lowest BCUT2D eigenvalue weighted by Gasteiger charge is -2.20. The minimum atomic E-state index is -0.573. The first-order valence-electron chi connectivity index (χ1n) is 13.5. The molecule has 7 nitrogen and oxygen atoms in total. The maximum atomic E-state index is 13.0. The number of benzene rings is 2. The Labute approximate surface area is 228 Å². The van der Waals surface area contributed by atoms with Gasteiger partial charge >= 0.3 is 0 Å². The number of alkyl halides is 1. The van der Waals surface area contributed by atoms with E-state index in [0.717, 1.165) is 49.5 Å². The van der Waals surface area contributed by atoms with Crippen molar-refractivity contribution in [3.63, 3.8) is 0 Å². The number of hydrogen-bond donors (Lipinski definition) is 3. The minimum Gasteiger partial charge on any atom is -0.502 e. The summed E-state index contributed by atoms with van der Waals surface area (Å²) < 4.78 is 18.6. The molecule has 2 aliphatic heterocycles. The van der Waals surface area contributed by atoms with Gasteiger partial charge in [0.2, 0.25) is 5.75 Å². The molecule has 0 aliphatic carbocycles. The molecular weight excluding hydrogens is 495 g/mol. The van der Waals surface area contributed by atoms with Crippen LogP contribution in [0.1, 0.15) is 40.8 Å². The molecule has 0 saturated carbocycles. The van der Waals surface area contributed by atoms with Crippen molar-refractivity contribution in [3.05, 3.63) is 93.2 Å². The molecule has 3 heterocycles. The topological polar surface area (TPSA) is 90.5 Å². The van der Waals surface area contributed by atoms with Gasteiger partial charge in [-0.15, -0.1) is 0 Å². The highest BCUT2D eigenvalue weighted by atomic mass is 19.1. The number of halogens is 1. The molecule has 0 spiro atoms. The highest BCUT2D eigenvalue weighted by molar-refractivity contribution is 5.44. The van der Waals surface area contributed by atoms with Crippen molar-refractivity contribution in [3.8, 4) is 17.6 Å². The fourth-order valence-corrected chi connectivity index (χ4v) is 5.37. The normalized spacial score (nSPS) is 20.3. The first kappa shape index (κ1) is 27.1. The Morgan fingerprint density at radius 3 is 2.38 bits per heavy atom. The molecule has 0 radical (unpaired) electrons. The van der Waals surface area contributed by atoms with Crippen molar-refractivity contribution >= 4 is 0 Å². The molecule has 2 saturated heterocycles. The maximum absolute atomic E-state index is 13.0. The summed E-state index contributed by atoms with van der Waals surface area (Å²) in [4.78, 5) is 20.8. The van der Waals surface area contributed by atoms with Gasteiger partial charge in [0.15, 0.2) is 0 Å². The summed E-state index contributed by atoms with van der Waals surface area (Å²) >= 11 is 0. The molecule has 3 aromatic rings. The lowest BCUT2D eigenvalue weighted by atomic mass is 9.92. The molecule has 39 heavy (non-hydrogen) atoms. The predicted octanol–water partition coefficient (Wildman–Crippen LogP) is 3.23. The summed E-state index contributed by atoms with van der Waals surface area (Å²) in [5.41, 5.74) is 3.88. The summed E-state index contributed by atoms with van der Waals surface area (Å²) in [5.74, 6) is 7.37. The van der Waals surface area contributed by atoms with Gasteiger partial charge in [-0.3, -0.25) is 9.69 Å². The van der Waals surface area contributed by atoms with E-state index < -0.39 is 12.2 Å². The quantitative estimate of drug-likeness (QED) is 0.368.